The Hall–Kier alpha value is -1.73. The van der Waals surface area contributed by atoms with Crippen LogP contribution in [0, 0.1) is 11.8 Å². The van der Waals surface area contributed by atoms with E-state index in [4.69, 9.17) is 4.98 Å². The predicted octanol–water partition coefficient (Wildman–Crippen LogP) is 2.77. The van der Waals surface area contributed by atoms with Gasteiger partial charge in [-0.15, -0.1) is 0 Å². The Morgan fingerprint density at radius 1 is 0.966 bits per heavy atom. The molecule has 1 atom stereocenters. The van der Waals surface area contributed by atoms with E-state index < -0.39 is 9.84 Å². The van der Waals surface area contributed by atoms with Crippen molar-refractivity contribution in [3.8, 4) is 0 Å². The molecule has 5 rings (SSSR count). The highest BCUT2D eigenvalue weighted by atomic mass is 32.2. The first-order valence-corrected chi connectivity index (χ1v) is 12.8. The van der Waals surface area contributed by atoms with E-state index in [2.05, 4.69) is 4.90 Å². The number of sulfone groups is 1. The van der Waals surface area contributed by atoms with E-state index in [1.165, 1.54) is 12.8 Å². The highest BCUT2D eigenvalue weighted by molar-refractivity contribution is 7.91. The second kappa shape index (κ2) is 7.51. The van der Waals surface area contributed by atoms with Gasteiger partial charge in [-0.25, -0.2) is 13.4 Å². The molecule has 1 aliphatic carbocycles. The molecule has 1 aromatic carbocycles. The summed E-state index contributed by atoms with van der Waals surface area (Å²) in [5, 5.41) is 0.707. The molecule has 2 aliphatic heterocycles. The van der Waals surface area contributed by atoms with Gasteiger partial charge < -0.3 is 0 Å². The van der Waals surface area contributed by atoms with E-state index in [1.54, 1.807) is 0 Å². The topological polar surface area (TPSA) is 72.3 Å². The molecule has 3 aliphatic rings. The molecule has 0 amide bonds. The molecule has 3 fully saturated rings. The van der Waals surface area contributed by atoms with Gasteiger partial charge in [-0.2, -0.15) is 0 Å². The first kappa shape index (κ1) is 19.2. The Balaban J connectivity index is 1.46. The van der Waals surface area contributed by atoms with Crippen LogP contribution in [0.15, 0.2) is 29.1 Å². The Morgan fingerprint density at radius 3 is 2.45 bits per heavy atom. The Kier molecular flexibility index (Phi) is 4.98. The summed E-state index contributed by atoms with van der Waals surface area (Å²) in [4.78, 5) is 20.7. The fraction of sp³-hybridized carbons (Fsp3) is 0.636. The minimum atomic E-state index is -2.83. The lowest BCUT2D eigenvalue weighted by Crippen LogP contribution is -2.37. The fourth-order valence-electron chi connectivity index (χ4n) is 4.96. The standard InChI is InChI=1S/C22H29N3O3S/c26-22-18-4-1-2-5-19(18)23-21(25(22)15-16-7-8-16)20-6-3-11-24(20)14-17-9-12-29(27,28)13-10-17/h1-2,4-5,16-17,20H,3,6-15H2. The maximum absolute atomic E-state index is 13.3. The number of likely N-dealkylation sites (tertiary alicyclic amines) is 1. The number of aromatic nitrogens is 2. The average molecular weight is 416 g/mol. The molecule has 3 heterocycles. The molecular formula is C22H29N3O3S. The smallest absolute Gasteiger partial charge is 0.261 e. The lowest BCUT2D eigenvalue weighted by Gasteiger charge is -2.31. The Labute approximate surface area is 171 Å². The lowest BCUT2D eigenvalue weighted by atomic mass is 10.0. The number of fused-ring (bicyclic) bond motifs is 1. The van der Waals surface area contributed by atoms with Crippen LogP contribution in [-0.4, -0.2) is 47.5 Å². The monoisotopic (exact) mass is 415 g/mol. The summed E-state index contributed by atoms with van der Waals surface area (Å²) in [7, 11) is -2.83. The summed E-state index contributed by atoms with van der Waals surface area (Å²) < 4.78 is 25.5. The minimum Gasteiger partial charge on any atom is -0.295 e. The number of hydrogen-bond acceptors (Lipinski definition) is 5. The largest absolute Gasteiger partial charge is 0.295 e. The van der Waals surface area contributed by atoms with Gasteiger partial charge in [-0.1, -0.05) is 12.1 Å². The molecule has 1 saturated carbocycles. The van der Waals surface area contributed by atoms with Crippen molar-refractivity contribution in [3.63, 3.8) is 0 Å². The summed E-state index contributed by atoms with van der Waals surface area (Å²) in [5.74, 6) is 2.57. The van der Waals surface area contributed by atoms with Crippen molar-refractivity contribution in [2.24, 2.45) is 11.8 Å². The molecule has 156 valence electrons. The molecule has 2 aromatic rings. The summed E-state index contributed by atoms with van der Waals surface area (Å²) in [6.07, 6.45) is 6.02. The third-order valence-electron chi connectivity index (χ3n) is 6.86. The van der Waals surface area contributed by atoms with Crippen molar-refractivity contribution in [1.82, 2.24) is 14.5 Å². The molecule has 0 bridgehead atoms. The Bertz CT molecular complexity index is 1060. The third-order valence-corrected chi connectivity index (χ3v) is 8.57. The van der Waals surface area contributed by atoms with Gasteiger partial charge in [0.15, 0.2) is 0 Å². The van der Waals surface area contributed by atoms with Crippen molar-refractivity contribution in [3.05, 3.63) is 40.4 Å². The molecule has 0 spiro atoms. The van der Waals surface area contributed by atoms with E-state index in [-0.39, 0.29) is 11.6 Å². The number of hydrogen-bond donors (Lipinski definition) is 0. The maximum Gasteiger partial charge on any atom is 0.261 e. The number of para-hydroxylation sites is 1. The van der Waals surface area contributed by atoms with Crippen LogP contribution < -0.4 is 5.56 Å². The van der Waals surface area contributed by atoms with Crippen LogP contribution in [0.3, 0.4) is 0 Å². The molecule has 1 aromatic heterocycles. The fourth-order valence-corrected chi connectivity index (χ4v) is 6.55. The van der Waals surface area contributed by atoms with Crippen LogP contribution >= 0.6 is 0 Å². The van der Waals surface area contributed by atoms with Gasteiger partial charge in [0.2, 0.25) is 0 Å². The summed E-state index contributed by atoms with van der Waals surface area (Å²) in [6.45, 7) is 2.68. The summed E-state index contributed by atoms with van der Waals surface area (Å²) in [5.41, 5.74) is 0.878. The molecule has 2 saturated heterocycles. The Morgan fingerprint density at radius 2 is 1.69 bits per heavy atom. The van der Waals surface area contributed by atoms with Gasteiger partial charge in [-0.3, -0.25) is 14.3 Å². The van der Waals surface area contributed by atoms with Crippen LogP contribution in [0.2, 0.25) is 0 Å². The van der Waals surface area contributed by atoms with E-state index >= 15 is 0 Å². The number of nitrogens with zero attached hydrogens (tertiary/aromatic N) is 3. The first-order chi connectivity index (χ1) is 14.0. The zero-order valence-corrected chi connectivity index (χ0v) is 17.6. The van der Waals surface area contributed by atoms with Gasteiger partial charge >= 0.3 is 0 Å². The van der Waals surface area contributed by atoms with E-state index in [1.807, 2.05) is 28.8 Å². The highest BCUT2D eigenvalue weighted by Gasteiger charge is 2.34. The van der Waals surface area contributed by atoms with Crippen molar-refractivity contribution in [2.75, 3.05) is 24.6 Å². The SMILES string of the molecule is O=c1c2ccccc2nc(C2CCCN2CC2CCS(=O)(=O)CC2)n1CC1CC1. The van der Waals surface area contributed by atoms with Crippen LogP contribution in [0.25, 0.3) is 10.9 Å². The second-order valence-electron chi connectivity index (χ2n) is 9.09. The van der Waals surface area contributed by atoms with Crippen molar-refractivity contribution < 1.29 is 8.42 Å². The van der Waals surface area contributed by atoms with E-state index in [0.717, 1.165) is 56.7 Å². The lowest BCUT2D eigenvalue weighted by molar-refractivity contribution is 0.197. The second-order valence-corrected chi connectivity index (χ2v) is 11.4. The predicted molar refractivity (Wildman–Crippen MR) is 114 cm³/mol. The maximum atomic E-state index is 13.3. The van der Waals surface area contributed by atoms with Crippen molar-refractivity contribution in [2.45, 2.75) is 51.1 Å². The van der Waals surface area contributed by atoms with Gasteiger partial charge in [-0.05, 0) is 69.0 Å². The quantitative estimate of drug-likeness (QED) is 0.751. The minimum absolute atomic E-state index is 0.0908. The molecule has 6 nitrogen and oxygen atoms in total. The van der Waals surface area contributed by atoms with E-state index in [9.17, 15) is 13.2 Å². The van der Waals surface area contributed by atoms with Crippen LogP contribution in [0.1, 0.15) is 50.4 Å². The van der Waals surface area contributed by atoms with Gasteiger partial charge in [0.25, 0.3) is 5.56 Å². The average Bonchev–Trinajstić information content (AvgIpc) is 3.42. The van der Waals surface area contributed by atoms with Gasteiger partial charge in [0.05, 0.1) is 28.5 Å². The molecule has 1 unspecified atom stereocenters. The summed E-state index contributed by atoms with van der Waals surface area (Å²) in [6, 6.07) is 7.83. The van der Waals surface area contributed by atoms with Crippen molar-refractivity contribution in [1.29, 1.82) is 0 Å². The number of benzene rings is 1. The zero-order chi connectivity index (χ0) is 20.0. The van der Waals surface area contributed by atoms with Crippen LogP contribution in [0.4, 0.5) is 0 Å². The third kappa shape index (κ3) is 3.99. The molecule has 7 heteroatoms. The van der Waals surface area contributed by atoms with Crippen LogP contribution in [-0.2, 0) is 16.4 Å². The molecular weight excluding hydrogens is 386 g/mol. The molecule has 0 N–H and O–H groups in total. The zero-order valence-electron chi connectivity index (χ0n) is 16.8. The van der Waals surface area contributed by atoms with Gasteiger partial charge in [0.1, 0.15) is 15.7 Å². The molecule has 29 heavy (non-hydrogen) atoms. The van der Waals surface area contributed by atoms with Crippen LogP contribution in [0.5, 0.6) is 0 Å². The van der Waals surface area contributed by atoms with Crippen molar-refractivity contribution >= 4 is 20.7 Å². The first-order valence-electron chi connectivity index (χ1n) is 10.9. The highest BCUT2D eigenvalue weighted by Crippen LogP contribution is 2.36. The van der Waals surface area contributed by atoms with E-state index in [0.29, 0.717) is 28.7 Å². The van der Waals surface area contributed by atoms with Gasteiger partial charge in [0, 0.05) is 13.1 Å². The normalized spacial score (nSPS) is 25.6. The molecule has 0 radical (unpaired) electrons. The summed E-state index contributed by atoms with van der Waals surface area (Å²) >= 11 is 0. The number of rotatable bonds is 5.